The third kappa shape index (κ3) is 4.33. The van der Waals surface area contributed by atoms with Crippen LogP contribution in [0.1, 0.15) is 6.42 Å². The van der Waals surface area contributed by atoms with Crippen molar-refractivity contribution in [2.75, 3.05) is 44.7 Å². The Morgan fingerprint density at radius 2 is 2.00 bits per heavy atom. The number of carbonyl (C=O) groups is 2. The normalized spacial score (nSPS) is 19.6. The summed E-state index contributed by atoms with van der Waals surface area (Å²) in [5.74, 6) is 1.29. The summed E-state index contributed by atoms with van der Waals surface area (Å²) in [6.07, 6.45) is 0.847. The molecule has 1 atom stereocenters. The van der Waals surface area contributed by atoms with Gasteiger partial charge in [0.05, 0.1) is 25.5 Å². The molecule has 1 aromatic rings. The summed E-state index contributed by atoms with van der Waals surface area (Å²) in [5.41, 5.74) is -0.0243. The Kier molecular flexibility index (Phi) is 6.33. The van der Waals surface area contributed by atoms with E-state index in [0.29, 0.717) is 23.7 Å². The van der Waals surface area contributed by atoms with Crippen LogP contribution in [0.3, 0.4) is 0 Å². The van der Waals surface area contributed by atoms with Crippen LogP contribution in [0.4, 0.5) is 5.69 Å². The van der Waals surface area contributed by atoms with Gasteiger partial charge in [-0.3, -0.25) is 9.59 Å². The van der Waals surface area contributed by atoms with Crippen molar-refractivity contribution >= 4 is 29.3 Å². The highest BCUT2D eigenvalue weighted by atomic mass is 32.2. The Morgan fingerprint density at radius 3 is 2.58 bits per heavy atom. The number of hydrogen-bond acceptors (Lipinski definition) is 6. The van der Waals surface area contributed by atoms with E-state index < -0.39 is 17.4 Å². The molecule has 132 valence electrons. The molecule has 1 aliphatic rings. The van der Waals surface area contributed by atoms with E-state index in [-0.39, 0.29) is 0 Å². The van der Waals surface area contributed by atoms with Crippen LogP contribution in [0.2, 0.25) is 0 Å². The van der Waals surface area contributed by atoms with Crippen molar-refractivity contribution in [3.63, 3.8) is 0 Å². The number of amides is 2. The molecule has 0 aromatic heterocycles. The first-order chi connectivity index (χ1) is 11.5. The molecule has 1 aromatic carbocycles. The molecule has 8 heteroatoms. The van der Waals surface area contributed by atoms with Gasteiger partial charge in [-0.2, -0.15) is 11.8 Å². The van der Waals surface area contributed by atoms with Gasteiger partial charge in [-0.15, -0.1) is 0 Å². The van der Waals surface area contributed by atoms with Gasteiger partial charge in [0.15, 0.2) is 0 Å². The van der Waals surface area contributed by atoms with Crippen LogP contribution in [0.25, 0.3) is 0 Å². The van der Waals surface area contributed by atoms with Gasteiger partial charge in [0.1, 0.15) is 11.5 Å². The summed E-state index contributed by atoms with van der Waals surface area (Å²) in [7, 11) is 4.63. The molecule has 0 radical (unpaired) electrons. The Labute approximate surface area is 145 Å². The lowest BCUT2D eigenvalue weighted by Crippen LogP contribution is -2.47. The average molecular weight is 354 g/mol. The molecule has 2 amide bonds. The summed E-state index contributed by atoms with van der Waals surface area (Å²) in [6.45, 7) is 0.304. The first kappa shape index (κ1) is 18.4. The largest absolute Gasteiger partial charge is 0.497 e. The molecule has 2 N–H and O–H groups in total. The van der Waals surface area contributed by atoms with Crippen molar-refractivity contribution in [3.05, 3.63) is 18.2 Å². The molecule has 0 saturated carbocycles. The highest BCUT2D eigenvalue weighted by molar-refractivity contribution is 7.99. The fourth-order valence-corrected chi connectivity index (χ4v) is 3.77. The Hall–Kier alpha value is -1.93. The molecule has 1 unspecified atom stereocenters. The zero-order valence-corrected chi connectivity index (χ0v) is 14.8. The third-order valence-electron chi connectivity index (χ3n) is 3.93. The number of rotatable bonds is 6. The Morgan fingerprint density at radius 1 is 1.21 bits per heavy atom. The van der Waals surface area contributed by atoms with Crippen LogP contribution in [-0.2, 0) is 14.3 Å². The third-order valence-corrected chi connectivity index (χ3v) is 5.16. The smallest absolute Gasteiger partial charge is 0.313 e. The molecule has 1 saturated heterocycles. The van der Waals surface area contributed by atoms with Crippen molar-refractivity contribution in [1.82, 2.24) is 5.32 Å². The molecule has 24 heavy (non-hydrogen) atoms. The fraction of sp³-hybridized carbons (Fsp3) is 0.500. The van der Waals surface area contributed by atoms with Crippen LogP contribution in [0.5, 0.6) is 11.5 Å². The molecular formula is C16H22N2O5S. The van der Waals surface area contributed by atoms with E-state index in [4.69, 9.17) is 14.2 Å². The summed E-state index contributed by atoms with van der Waals surface area (Å²) in [6, 6.07) is 4.95. The molecule has 7 nitrogen and oxygen atoms in total. The standard InChI is InChI=1S/C16H22N2O5S/c1-21-11-4-5-13(22-2)12(8-11)18-15(20)14(19)17-9-16(23-3)6-7-24-10-16/h4-5,8H,6-7,9-10H2,1-3H3,(H,17,19)(H,18,20). The van der Waals surface area contributed by atoms with E-state index in [1.54, 1.807) is 37.1 Å². The van der Waals surface area contributed by atoms with Gasteiger partial charge in [-0.05, 0) is 24.3 Å². The second kappa shape index (κ2) is 8.25. The first-order valence-corrected chi connectivity index (χ1v) is 8.63. The zero-order chi connectivity index (χ0) is 17.6. The average Bonchev–Trinajstić information content (AvgIpc) is 3.09. The van der Waals surface area contributed by atoms with E-state index in [1.807, 2.05) is 0 Å². The van der Waals surface area contributed by atoms with Crippen LogP contribution < -0.4 is 20.1 Å². The van der Waals surface area contributed by atoms with Gasteiger partial charge in [-0.25, -0.2) is 0 Å². The van der Waals surface area contributed by atoms with E-state index >= 15 is 0 Å². The molecule has 0 aliphatic carbocycles. The molecule has 1 fully saturated rings. The van der Waals surface area contributed by atoms with Gasteiger partial charge < -0.3 is 24.8 Å². The van der Waals surface area contributed by atoms with Crippen LogP contribution in [0.15, 0.2) is 18.2 Å². The van der Waals surface area contributed by atoms with Gasteiger partial charge >= 0.3 is 11.8 Å². The lowest BCUT2D eigenvalue weighted by Gasteiger charge is -2.26. The minimum absolute atomic E-state index is 0.304. The van der Waals surface area contributed by atoms with E-state index in [9.17, 15) is 9.59 Å². The number of benzene rings is 1. The van der Waals surface area contributed by atoms with Gasteiger partial charge in [0, 0.05) is 25.5 Å². The van der Waals surface area contributed by atoms with E-state index in [1.165, 1.54) is 14.2 Å². The second-order valence-electron chi connectivity index (χ2n) is 5.39. The quantitative estimate of drug-likeness (QED) is 0.749. The second-order valence-corrected chi connectivity index (χ2v) is 6.50. The van der Waals surface area contributed by atoms with E-state index in [0.717, 1.165) is 17.9 Å². The van der Waals surface area contributed by atoms with Crippen molar-refractivity contribution in [1.29, 1.82) is 0 Å². The number of anilines is 1. The highest BCUT2D eigenvalue weighted by Crippen LogP contribution is 2.30. The summed E-state index contributed by atoms with van der Waals surface area (Å²) < 4.78 is 15.8. The van der Waals surface area contributed by atoms with Crippen LogP contribution in [-0.4, -0.2) is 56.8 Å². The lowest BCUT2D eigenvalue weighted by molar-refractivity contribution is -0.136. The highest BCUT2D eigenvalue weighted by Gasteiger charge is 2.35. The first-order valence-electron chi connectivity index (χ1n) is 7.47. The molecular weight excluding hydrogens is 332 g/mol. The van der Waals surface area contributed by atoms with Gasteiger partial charge in [-0.1, -0.05) is 0 Å². The number of thioether (sulfide) groups is 1. The maximum absolute atomic E-state index is 12.1. The molecule has 0 spiro atoms. The van der Waals surface area contributed by atoms with Crippen molar-refractivity contribution < 1.29 is 23.8 Å². The van der Waals surface area contributed by atoms with Crippen molar-refractivity contribution in [2.45, 2.75) is 12.0 Å². The topological polar surface area (TPSA) is 85.9 Å². The predicted molar refractivity (Wildman–Crippen MR) is 92.9 cm³/mol. The molecule has 2 rings (SSSR count). The summed E-state index contributed by atoms with van der Waals surface area (Å²) >= 11 is 1.77. The summed E-state index contributed by atoms with van der Waals surface area (Å²) in [5, 5.41) is 5.18. The van der Waals surface area contributed by atoms with Crippen molar-refractivity contribution in [3.8, 4) is 11.5 Å². The molecule has 1 heterocycles. The SMILES string of the molecule is COc1ccc(OC)c(NC(=O)C(=O)NCC2(OC)CCSC2)c1. The van der Waals surface area contributed by atoms with Gasteiger partial charge in [0.2, 0.25) is 0 Å². The number of carbonyl (C=O) groups excluding carboxylic acids is 2. The van der Waals surface area contributed by atoms with Crippen molar-refractivity contribution in [2.24, 2.45) is 0 Å². The minimum Gasteiger partial charge on any atom is -0.497 e. The van der Waals surface area contributed by atoms with Crippen LogP contribution in [0, 0.1) is 0 Å². The maximum Gasteiger partial charge on any atom is 0.313 e. The van der Waals surface area contributed by atoms with Crippen LogP contribution >= 0.6 is 11.8 Å². The Bertz CT molecular complexity index is 602. The lowest BCUT2D eigenvalue weighted by atomic mass is 10.0. The Balaban J connectivity index is 1.97. The number of methoxy groups -OCH3 is 3. The number of nitrogens with one attached hydrogen (secondary N) is 2. The molecule has 1 aliphatic heterocycles. The zero-order valence-electron chi connectivity index (χ0n) is 14.0. The van der Waals surface area contributed by atoms with Gasteiger partial charge in [0.25, 0.3) is 0 Å². The number of ether oxygens (including phenoxy) is 3. The summed E-state index contributed by atoms with van der Waals surface area (Å²) in [4.78, 5) is 24.2. The monoisotopic (exact) mass is 354 g/mol. The van der Waals surface area contributed by atoms with E-state index in [2.05, 4.69) is 10.6 Å². The maximum atomic E-state index is 12.1. The number of hydrogen-bond donors (Lipinski definition) is 2. The minimum atomic E-state index is -0.765. The fourth-order valence-electron chi connectivity index (χ4n) is 2.37. The predicted octanol–water partition coefficient (Wildman–Crippen LogP) is 1.28. The molecule has 0 bridgehead atoms.